The zero-order valence-electron chi connectivity index (χ0n) is 17.1. The van der Waals surface area contributed by atoms with Gasteiger partial charge in [-0.3, -0.25) is 8.80 Å². The number of fused-ring (bicyclic) bond motifs is 2. The number of aromatic nitrogens is 5. The fraction of sp³-hybridized carbons (Fsp3) is 0.0800. The minimum absolute atomic E-state index is 0.130. The van der Waals surface area contributed by atoms with E-state index in [2.05, 4.69) is 17.1 Å². The predicted octanol–water partition coefficient (Wildman–Crippen LogP) is 4.99. The molecule has 4 aromatic heterocycles. The second-order valence-corrected chi connectivity index (χ2v) is 8.55. The van der Waals surface area contributed by atoms with Gasteiger partial charge in [-0.2, -0.15) is 0 Å². The standard InChI is InChI=1S/C25H19N5OS/c31-24-21(14-19-15-29-11-12-32-25(29)26-19)28-23-20(13-17-7-3-1-4-8-17)27-22(16-30(23)24)18-9-5-2-6-10-18/h1-12,15-16,31H,13-14H2. The molecule has 0 bridgehead atoms. The molecule has 32 heavy (non-hydrogen) atoms. The summed E-state index contributed by atoms with van der Waals surface area (Å²) >= 11 is 1.58. The van der Waals surface area contributed by atoms with E-state index in [0.29, 0.717) is 24.2 Å². The van der Waals surface area contributed by atoms with Gasteiger partial charge in [0.1, 0.15) is 5.69 Å². The van der Waals surface area contributed by atoms with Crippen LogP contribution in [0.2, 0.25) is 0 Å². The molecule has 0 atom stereocenters. The first-order valence-electron chi connectivity index (χ1n) is 10.3. The third kappa shape index (κ3) is 3.33. The molecular weight excluding hydrogens is 418 g/mol. The van der Waals surface area contributed by atoms with E-state index < -0.39 is 0 Å². The Morgan fingerprint density at radius 3 is 2.38 bits per heavy atom. The van der Waals surface area contributed by atoms with Gasteiger partial charge in [0.05, 0.1) is 17.1 Å². The highest BCUT2D eigenvalue weighted by molar-refractivity contribution is 7.15. The lowest BCUT2D eigenvalue weighted by atomic mass is 10.1. The first-order chi connectivity index (χ1) is 15.7. The molecule has 7 heteroatoms. The number of hydrogen-bond acceptors (Lipinski definition) is 5. The van der Waals surface area contributed by atoms with Crippen LogP contribution >= 0.6 is 11.3 Å². The largest absolute Gasteiger partial charge is 0.493 e. The second-order valence-electron chi connectivity index (χ2n) is 7.68. The molecule has 0 radical (unpaired) electrons. The molecule has 0 amide bonds. The number of hydrogen-bond donors (Lipinski definition) is 1. The third-order valence-corrected chi connectivity index (χ3v) is 6.27. The molecule has 156 valence electrons. The van der Waals surface area contributed by atoms with Crippen molar-refractivity contribution >= 4 is 21.9 Å². The molecule has 0 saturated carbocycles. The number of thiazole rings is 1. The fourth-order valence-corrected chi connectivity index (χ4v) is 4.67. The first-order valence-corrected chi connectivity index (χ1v) is 11.2. The first kappa shape index (κ1) is 18.8. The Hall–Kier alpha value is -3.97. The van der Waals surface area contributed by atoms with E-state index >= 15 is 0 Å². The van der Waals surface area contributed by atoms with E-state index in [1.165, 1.54) is 0 Å². The summed E-state index contributed by atoms with van der Waals surface area (Å²) in [6.45, 7) is 0. The second kappa shape index (κ2) is 7.62. The van der Waals surface area contributed by atoms with Crippen LogP contribution in [0, 0.1) is 0 Å². The monoisotopic (exact) mass is 437 g/mol. The van der Waals surface area contributed by atoms with E-state index in [0.717, 1.165) is 33.2 Å². The SMILES string of the molecule is Oc1c(Cc2cn3ccsc3n2)nc2c(Cc3ccccc3)nc(-c3ccccc3)cn12. The number of benzene rings is 2. The summed E-state index contributed by atoms with van der Waals surface area (Å²) in [6, 6.07) is 20.2. The highest BCUT2D eigenvalue weighted by Crippen LogP contribution is 2.28. The average Bonchev–Trinajstić information content (AvgIpc) is 3.50. The summed E-state index contributed by atoms with van der Waals surface area (Å²) in [5, 5.41) is 13.1. The van der Waals surface area contributed by atoms with Crippen molar-refractivity contribution in [3.8, 4) is 17.1 Å². The summed E-state index contributed by atoms with van der Waals surface area (Å²) in [7, 11) is 0. The van der Waals surface area contributed by atoms with Gasteiger partial charge in [-0.15, -0.1) is 11.3 Å². The van der Waals surface area contributed by atoms with Crippen LogP contribution in [0.3, 0.4) is 0 Å². The summed E-state index contributed by atoms with van der Waals surface area (Å²) < 4.78 is 3.74. The molecule has 6 rings (SSSR count). The smallest absolute Gasteiger partial charge is 0.219 e. The summed E-state index contributed by atoms with van der Waals surface area (Å²) in [6.07, 6.45) is 6.90. The van der Waals surface area contributed by atoms with Crippen molar-refractivity contribution in [1.29, 1.82) is 0 Å². The Labute approximate surface area is 188 Å². The maximum atomic E-state index is 11.1. The van der Waals surface area contributed by atoms with Crippen LogP contribution in [0.25, 0.3) is 21.9 Å². The summed E-state index contributed by atoms with van der Waals surface area (Å²) in [5.74, 6) is 0.130. The molecular formula is C25H19N5OS. The van der Waals surface area contributed by atoms with Crippen molar-refractivity contribution in [2.45, 2.75) is 12.8 Å². The van der Waals surface area contributed by atoms with Crippen molar-refractivity contribution in [3.05, 3.63) is 107 Å². The molecule has 0 aliphatic rings. The van der Waals surface area contributed by atoms with Crippen LogP contribution < -0.4 is 0 Å². The zero-order valence-corrected chi connectivity index (χ0v) is 17.9. The third-order valence-electron chi connectivity index (χ3n) is 5.50. The zero-order chi connectivity index (χ0) is 21.5. The Morgan fingerprint density at radius 1 is 0.812 bits per heavy atom. The minimum atomic E-state index is 0.130. The maximum Gasteiger partial charge on any atom is 0.219 e. The number of nitrogens with zero attached hydrogens (tertiary/aromatic N) is 5. The van der Waals surface area contributed by atoms with Gasteiger partial charge in [0.15, 0.2) is 10.6 Å². The topological polar surface area (TPSA) is 67.7 Å². The van der Waals surface area contributed by atoms with Gasteiger partial charge in [0, 0.05) is 42.4 Å². The molecule has 2 aromatic carbocycles. The van der Waals surface area contributed by atoms with Gasteiger partial charge in [0.25, 0.3) is 0 Å². The van der Waals surface area contributed by atoms with Gasteiger partial charge >= 0.3 is 0 Å². The Balaban J connectivity index is 1.48. The molecule has 0 spiro atoms. The van der Waals surface area contributed by atoms with Gasteiger partial charge in [-0.1, -0.05) is 60.7 Å². The highest BCUT2D eigenvalue weighted by atomic mass is 32.1. The van der Waals surface area contributed by atoms with Crippen molar-refractivity contribution < 1.29 is 5.11 Å². The van der Waals surface area contributed by atoms with E-state index in [9.17, 15) is 5.11 Å². The number of imidazole rings is 2. The van der Waals surface area contributed by atoms with Crippen molar-refractivity contribution in [2.24, 2.45) is 0 Å². The van der Waals surface area contributed by atoms with E-state index in [-0.39, 0.29) is 5.88 Å². The fourth-order valence-electron chi connectivity index (χ4n) is 3.95. The van der Waals surface area contributed by atoms with Crippen LogP contribution in [0.5, 0.6) is 5.88 Å². The summed E-state index contributed by atoms with van der Waals surface area (Å²) in [5.41, 5.74) is 5.89. The molecule has 0 aliphatic heterocycles. The van der Waals surface area contributed by atoms with Crippen LogP contribution in [-0.2, 0) is 12.8 Å². The number of rotatable bonds is 5. The number of aromatic hydroxyl groups is 1. The van der Waals surface area contributed by atoms with Gasteiger partial charge in [-0.25, -0.2) is 15.0 Å². The molecule has 0 unspecified atom stereocenters. The molecule has 0 fully saturated rings. The van der Waals surface area contributed by atoms with Crippen molar-refractivity contribution in [2.75, 3.05) is 0 Å². The molecule has 6 aromatic rings. The van der Waals surface area contributed by atoms with Gasteiger partial charge in [-0.05, 0) is 5.56 Å². The van der Waals surface area contributed by atoms with Crippen LogP contribution in [0.15, 0.2) is 84.6 Å². The minimum Gasteiger partial charge on any atom is -0.493 e. The molecule has 1 N–H and O–H groups in total. The predicted molar refractivity (Wildman–Crippen MR) is 125 cm³/mol. The molecule has 6 nitrogen and oxygen atoms in total. The summed E-state index contributed by atoms with van der Waals surface area (Å²) in [4.78, 5) is 15.3. The van der Waals surface area contributed by atoms with Crippen LogP contribution in [0.1, 0.15) is 22.6 Å². The normalized spacial score (nSPS) is 11.5. The lowest BCUT2D eigenvalue weighted by molar-refractivity contribution is 0.442. The quantitative estimate of drug-likeness (QED) is 0.412. The molecule has 0 aliphatic carbocycles. The van der Waals surface area contributed by atoms with Crippen molar-refractivity contribution in [3.63, 3.8) is 0 Å². The Morgan fingerprint density at radius 2 is 1.59 bits per heavy atom. The van der Waals surface area contributed by atoms with E-state index in [4.69, 9.17) is 9.97 Å². The lowest BCUT2D eigenvalue weighted by Crippen LogP contribution is -2.00. The Bertz CT molecular complexity index is 1500. The molecule has 4 heterocycles. The van der Waals surface area contributed by atoms with Crippen LogP contribution in [-0.4, -0.2) is 28.9 Å². The van der Waals surface area contributed by atoms with E-state index in [1.54, 1.807) is 15.7 Å². The maximum absolute atomic E-state index is 11.1. The lowest BCUT2D eigenvalue weighted by Gasteiger charge is -2.08. The van der Waals surface area contributed by atoms with E-state index in [1.807, 2.05) is 76.9 Å². The highest BCUT2D eigenvalue weighted by Gasteiger charge is 2.19. The van der Waals surface area contributed by atoms with Gasteiger partial charge < -0.3 is 5.11 Å². The molecule has 0 saturated heterocycles. The Kier molecular flexibility index (Phi) is 4.47. The van der Waals surface area contributed by atoms with Crippen molar-refractivity contribution in [1.82, 2.24) is 23.8 Å². The van der Waals surface area contributed by atoms with Crippen LogP contribution in [0.4, 0.5) is 0 Å². The average molecular weight is 438 g/mol. The van der Waals surface area contributed by atoms with Gasteiger partial charge in [0.2, 0.25) is 5.88 Å².